The van der Waals surface area contributed by atoms with Gasteiger partial charge in [-0.3, -0.25) is 4.90 Å². The van der Waals surface area contributed by atoms with E-state index in [1.165, 1.54) is 24.5 Å². The van der Waals surface area contributed by atoms with E-state index in [0.29, 0.717) is 0 Å². The second-order valence-electron chi connectivity index (χ2n) is 4.80. The van der Waals surface area contributed by atoms with Crippen LogP contribution in [0.15, 0.2) is 17.5 Å². The molecule has 90 valence electrons. The molecule has 0 aliphatic carbocycles. The van der Waals surface area contributed by atoms with Crippen LogP contribution in [-0.4, -0.2) is 31.1 Å². The molecule has 1 fully saturated rings. The molecular weight excluding hydrogens is 216 g/mol. The maximum Gasteiger partial charge on any atom is 0.0327 e. The lowest BCUT2D eigenvalue weighted by Gasteiger charge is -2.35. The van der Waals surface area contributed by atoms with E-state index in [4.69, 9.17) is 0 Å². The molecule has 0 saturated carbocycles. The quantitative estimate of drug-likeness (QED) is 0.819. The normalized spacial score (nSPS) is 18.7. The molecule has 0 bridgehead atoms. The minimum absolute atomic E-state index is 0.821. The van der Waals surface area contributed by atoms with Crippen LogP contribution in [0.25, 0.3) is 0 Å². The average Bonchev–Trinajstić information content (AvgIpc) is 2.66. The second kappa shape index (κ2) is 5.80. The van der Waals surface area contributed by atoms with Crippen LogP contribution in [0.2, 0.25) is 0 Å². The number of hydrogen-bond acceptors (Lipinski definition) is 3. The fourth-order valence-electron chi connectivity index (χ4n) is 2.20. The molecule has 2 nitrogen and oxygen atoms in total. The third kappa shape index (κ3) is 3.06. The smallest absolute Gasteiger partial charge is 0.0327 e. The highest BCUT2D eigenvalue weighted by atomic mass is 32.1. The highest BCUT2D eigenvalue weighted by Gasteiger charge is 2.24. The van der Waals surface area contributed by atoms with Gasteiger partial charge in [0.15, 0.2) is 0 Å². The van der Waals surface area contributed by atoms with Gasteiger partial charge < -0.3 is 5.32 Å². The van der Waals surface area contributed by atoms with E-state index in [1.807, 2.05) is 11.3 Å². The van der Waals surface area contributed by atoms with Crippen molar-refractivity contribution < 1.29 is 0 Å². The summed E-state index contributed by atoms with van der Waals surface area (Å²) in [7, 11) is 0. The summed E-state index contributed by atoms with van der Waals surface area (Å²) in [6, 6.07) is 4.38. The highest BCUT2D eigenvalue weighted by Crippen LogP contribution is 2.19. The minimum atomic E-state index is 0.821. The van der Waals surface area contributed by atoms with Crippen molar-refractivity contribution in [2.75, 3.05) is 26.2 Å². The first-order chi connectivity index (χ1) is 7.79. The Morgan fingerprint density at radius 1 is 1.56 bits per heavy atom. The zero-order chi connectivity index (χ0) is 11.4. The van der Waals surface area contributed by atoms with E-state index >= 15 is 0 Å². The van der Waals surface area contributed by atoms with Crippen molar-refractivity contribution in [1.82, 2.24) is 10.2 Å². The summed E-state index contributed by atoms with van der Waals surface area (Å²) in [5.41, 5.74) is 0. The summed E-state index contributed by atoms with van der Waals surface area (Å²) in [4.78, 5) is 4.05. The Bertz CT molecular complexity index is 293. The van der Waals surface area contributed by atoms with Gasteiger partial charge in [-0.2, -0.15) is 0 Å². The second-order valence-corrected chi connectivity index (χ2v) is 5.83. The lowest BCUT2D eigenvalue weighted by molar-refractivity contribution is 0.167. The van der Waals surface area contributed by atoms with Crippen LogP contribution in [0.4, 0.5) is 0 Å². The van der Waals surface area contributed by atoms with Crippen LogP contribution < -0.4 is 5.32 Å². The summed E-state index contributed by atoms with van der Waals surface area (Å²) in [5.74, 6) is 1.72. The van der Waals surface area contributed by atoms with Gasteiger partial charge in [0.05, 0.1) is 0 Å². The molecule has 1 saturated heterocycles. The maximum absolute atomic E-state index is 3.36. The Labute approximate surface area is 103 Å². The molecule has 0 spiro atoms. The summed E-state index contributed by atoms with van der Waals surface area (Å²) in [6.45, 7) is 10.6. The lowest BCUT2D eigenvalue weighted by atomic mass is 9.88. The number of rotatable bonds is 6. The summed E-state index contributed by atoms with van der Waals surface area (Å²) in [6.07, 6.45) is 0. The zero-order valence-electron chi connectivity index (χ0n) is 10.3. The van der Waals surface area contributed by atoms with E-state index in [9.17, 15) is 0 Å². The van der Waals surface area contributed by atoms with Crippen LogP contribution in [-0.2, 0) is 6.54 Å². The van der Waals surface area contributed by atoms with Gasteiger partial charge in [0, 0.05) is 18.0 Å². The van der Waals surface area contributed by atoms with Crippen LogP contribution in [0, 0.1) is 11.8 Å². The van der Waals surface area contributed by atoms with E-state index < -0.39 is 0 Å². The molecule has 1 aromatic rings. The van der Waals surface area contributed by atoms with Crippen molar-refractivity contribution in [3.05, 3.63) is 22.4 Å². The van der Waals surface area contributed by atoms with E-state index in [-0.39, 0.29) is 0 Å². The lowest BCUT2D eigenvalue weighted by Crippen LogP contribution is -2.48. The Balaban J connectivity index is 1.80. The van der Waals surface area contributed by atoms with Gasteiger partial charge in [-0.05, 0) is 42.9 Å². The van der Waals surface area contributed by atoms with Crippen molar-refractivity contribution in [2.45, 2.75) is 20.4 Å². The number of nitrogens with one attached hydrogen (secondary N) is 1. The predicted molar refractivity (Wildman–Crippen MR) is 70.8 cm³/mol. The van der Waals surface area contributed by atoms with Crippen LogP contribution in [0.5, 0.6) is 0 Å². The van der Waals surface area contributed by atoms with Gasteiger partial charge in [0.2, 0.25) is 0 Å². The molecule has 1 aliphatic heterocycles. The Morgan fingerprint density at radius 3 is 2.88 bits per heavy atom. The molecule has 3 heteroatoms. The van der Waals surface area contributed by atoms with E-state index in [1.54, 1.807) is 0 Å². The molecule has 2 heterocycles. The molecule has 2 rings (SSSR count). The fraction of sp³-hybridized carbons (Fsp3) is 0.692. The molecule has 1 aromatic heterocycles. The summed E-state index contributed by atoms with van der Waals surface area (Å²) in [5, 5.41) is 5.53. The standard InChI is InChI=1S/C13H22N2S/c1-3-15(10-13-5-4-6-16-13)9-11(2)12-7-14-8-12/h4-6,11-12,14H,3,7-10H2,1-2H3. The molecule has 1 aliphatic rings. The molecule has 0 radical (unpaired) electrons. The largest absolute Gasteiger partial charge is 0.316 e. The zero-order valence-corrected chi connectivity index (χ0v) is 11.1. The van der Waals surface area contributed by atoms with Gasteiger partial charge in [-0.1, -0.05) is 19.9 Å². The number of hydrogen-bond donors (Lipinski definition) is 1. The van der Waals surface area contributed by atoms with Gasteiger partial charge in [-0.25, -0.2) is 0 Å². The molecular formula is C13H22N2S. The van der Waals surface area contributed by atoms with Gasteiger partial charge in [0.1, 0.15) is 0 Å². The first kappa shape index (κ1) is 12.1. The molecule has 0 aromatic carbocycles. The molecule has 0 amide bonds. The third-order valence-corrected chi connectivity index (χ3v) is 4.43. The maximum atomic E-state index is 3.36. The van der Waals surface area contributed by atoms with E-state index in [0.717, 1.165) is 24.9 Å². The Hall–Kier alpha value is -0.380. The van der Waals surface area contributed by atoms with Crippen LogP contribution >= 0.6 is 11.3 Å². The summed E-state index contributed by atoms with van der Waals surface area (Å²) >= 11 is 1.87. The van der Waals surface area contributed by atoms with Crippen LogP contribution in [0.1, 0.15) is 18.7 Å². The minimum Gasteiger partial charge on any atom is -0.316 e. The summed E-state index contributed by atoms with van der Waals surface area (Å²) < 4.78 is 0. The highest BCUT2D eigenvalue weighted by molar-refractivity contribution is 7.09. The van der Waals surface area contributed by atoms with Gasteiger partial charge in [0.25, 0.3) is 0 Å². The monoisotopic (exact) mass is 238 g/mol. The Morgan fingerprint density at radius 2 is 2.38 bits per heavy atom. The molecule has 1 atom stereocenters. The topological polar surface area (TPSA) is 15.3 Å². The average molecular weight is 238 g/mol. The van der Waals surface area contributed by atoms with Gasteiger partial charge in [-0.15, -0.1) is 11.3 Å². The van der Waals surface area contributed by atoms with Crippen molar-refractivity contribution in [3.63, 3.8) is 0 Å². The third-order valence-electron chi connectivity index (χ3n) is 3.57. The van der Waals surface area contributed by atoms with Crippen molar-refractivity contribution >= 4 is 11.3 Å². The van der Waals surface area contributed by atoms with Gasteiger partial charge >= 0.3 is 0 Å². The fourth-order valence-corrected chi connectivity index (χ4v) is 2.94. The molecule has 1 unspecified atom stereocenters. The number of thiophene rings is 1. The Kier molecular flexibility index (Phi) is 4.38. The number of nitrogens with zero attached hydrogens (tertiary/aromatic N) is 1. The van der Waals surface area contributed by atoms with E-state index in [2.05, 4.69) is 41.6 Å². The predicted octanol–water partition coefficient (Wildman–Crippen LogP) is 2.43. The molecule has 16 heavy (non-hydrogen) atoms. The molecule has 1 N–H and O–H groups in total. The SMILES string of the molecule is CCN(Cc1cccs1)CC(C)C1CNC1. The van der Waals surface area contributed by atoms with Crippen molar-refractivity contribution in [1.29, 1.82) is 0 Å². The van der Waals surface area contributed by atoms with Crippen molar-refractivity contribution in [3.8, 4) is 0 Å². The first-order valence-corrected chi connectivity index (χ1v) is 7.13. The van der Waals surface area contributed by atoms with Crippen molar-refractivity contribution in [2.24, 2.45) is 11.8 Å². The first-order valence-electron chi connectivity index (χ1n) is 6.25. The van der Waals surface area contributed by atoms with Crippen LogP contribution in [0.3, 0.4) is 0 Å².